The first-order chi connectivity index (χ1) is 8.78. The topological polar surface area (TPSA) is 28.2 Å². The normalized spacial score (nSPS) is 18.3. The Hall–Kier alpha value is -0.450. The van der Waals surface area contributed by atoms with Crippen molar-refractivity contribution >= 4 is 11.3 Å². The van der Waals surface area contributed by atoms with Crippen molar-refractivity contribution < 1.29 is 0 Å². The van der Waals surface area contributed by atoms with E-state index in [0.29, 0.717) is 0 Å². The van der Waals surface area contributed by atoms with Gasteiger partial charge in [-0.1, -0.05) is 0 Å². The Morgan fingerprint density at radius 1 is 1.44 bits per heavy atom. The zero-order valence-electron chi connectivity index (χ0n) is 11.6. The molecule has 0 aromatic carbocycles. The maximum atomic E-state index is 4.77. The van der Waals surface area contributed by atoms with Crippen LogP contribution in [0.3, 0.4) is 0 Å². The van der Waals surface area contributed by atoms with Gasteiger partial charge in [-0.15, -0.1) is 11.3 Å². The quantitative estimate of drug-likeness (QED) is 0.801. The maximum absolute atomic E-state index is 4.77. The SMILES string of the molecule is CNCCCc1csc(CC2CCN(C)CC2)n1. The second-order valence-corrected chi connectivity index (χ2v) is 6.33. The van der Waals surface area contributed by atoms with Crippen LogP contribution in [-0.4, -0.2) is 43.6 Å². The molecule has 2 heterocycles. The van der Waals surface area contributed by atoms with Crippen LogP contribution in [0.2, 0.25) is 0 Å². The van der Waals surface area contributed by atoms with E-state index in [4.69, 9.17) is 4.98 Å². The molecule has 1 aliphatic rings. The Balaban J connectivity index is 1.76. The summed E-state index contributed by atoms with van der Waals surface area (Å²) in [4.78, 5) is 7.20. The van der Waals surface area contributed by atoms with Crippen LogP contribution in [-0.2, 0) is 12.8 Å². The highest BCUT2D eigenvalue weighted by Crippen LogP contribution is 2.23. The number of nitrogens with one attached hydrogen (secondary N) is 1. The first-order valence-electron chi connectivity index (χ1n) is 7.04. The lowest BCUT2D eigenvalue weighted by atomic mass is 9.94. The molecule has 1 saturated heterocycles. The van der Waals surface area contributed by atoms with Gasteiger partial charge >= 0.3 is 0 Å². The van der Waals surface area contributed by atoms with Crippen molar-refractivity contribution in [2.75, 3.05) is 33.7 Å². The minimum absolute atomic E-state index is 0.859. The maximum Gasteiger partial charge on any atom is 0.0931 e. The Morgan fingerprint density at radius 3 is 2.94 bits per heavy atom. The van der Waals surface area contributed by atoms with Gasteiger partial charge in [0.25, 0.3) is 0 Å². The highest BCUT2D eigenvalue weighted by molar-refractivity contribution is 7.09. The average molecular weight is 267 g/mol. The highest BCUT2D eigenvalue weighted by atomic mass is 32.1. The summed E-state index contributed by atoms with van der Waals surface area (Å²) in [5.74, 6) is 0.859. The molecule has 0 amide bonds. The molecule has 1 aromatic rings. The van der Waals surface area contributed by atoms with Gasteiger partial charge in [0.2, 0.25) is 0 Å². The molecule has 4 heteroatoms. The van der Waals surface area contributed by atoms with Gasteiger partial charge in [-0.25, -0.2) is 4.98 Å². The molecule has 0 saturated carbocycles. The van der Waals surface area contributed by atoms with Gasteiger partial charge in [0.05, 0.1) is 10.7 Å². The summed E-state index contributed by atoms with van der Waals surface area (Å²) in [5, 5.41) is 6.79. The van der Waals surface area contributed by atoms with Gasteiger partial charge < -0.3 is 10.2 Å². The number of aromatic nitrogens is 1. The molecule has 2 rings (SSSR count). The van der Waals surface area contributed by atoms with E-state index in [1.807, 2.05) is 18.4 Å². The van der Waals surface area contributed by atoms with E-state index in [2.05, 4.69) is 22.6 Å². The predicted molar refractivity (Wildman–Crippen MR) is 78.3 cm³/mol. The number of hydrogen-bond donors (Lipinski definition) is 1. The molecule has 0 radical (unpaired) electrons. The largest absolute Gasteiger partial charge is 0.320 e. The summed E-state index contributed by atoms with van der Waals surface area (Å²) in [7, 11) is 4.23. The molecule has 1 aliphatic heterocycles. The third-order valence-corrected chi connectivity index (χ3v) is 4.68. The monoisotopic (exact) mass is 267 g/mol. The van der Waals surface area contributed by atoms with E-state index in [0.717, 1.165) is 18.9 Å². The van der Waals surface area contributed by atoms with E-state index in [9.17, 15) is 0 Å². The van der Waals surface area contributed by atoms with Crippen molar-refractivity contribution in [3.8, 4) is 0 Å². The first kappa shape index (κ1) is 14.0. The summed E-state index contributed by atoms with van der Waals surface area (Å²) in [6.07, 6.45) is 6.18. The van der Waals surface area contributed by atoms with Crippen molar-refractivity contribution in [1.29, 1.82) is 0 Å². The smallest absolute Gasteiger partial charge is 0.0931 e. The lowest BCUT2D eigenvalue weighted by Crippen LogP contribution is -2.30. The lowest BCUT2D eigenvalue weighted by Gasteiger charge is -2.28. The number of nitrogens with zero attached hydrogens (tertiary/aromatic N) is 2. The van der Waals surface area contributed by atoms with Gasteiger partial charge in [-0.2, -0.15) is 0 Å². The van der Waals surface area contributed by atoms with Crippen LogP contribution in [0.15, 0.2) is 5.38 Å². The minimum Gasteiger partial charge on any atom is -0.320 e. The number of thiazole rings is 1. The van der Waals surface area contributed by atoms with Crippen LogP contribution in [0, 0.1) is 5.92 Å². The second kappa shape index (κ2) is 7.22. The lowest BCUT2D eigenvalue weighted by molar-refractivity contribution is 0.219. The third-order valence-electron chi connectivity index (χ3n) is 3.76. The Labute approximate surface area is 115 Å². The number of hydrogen-bond acceptors (Lipinski definition) is 4. The van der Waals surface area contributed by atoms with Crippen LogP contribution in [0.25, 0.3) is 0 Å². The molecule has 1 fully saturated rings. The summed E-state index contributed by atoms with van der Waals surface area (Å²) < 4.78 is 0. The number of rotatable bonds is 6. The molecule has 0 unspecified atom stereocenters. The van der Waals surface area contributed by atoms with Crippen molar-refractivity contribution in [2.24, 2.45) is 5.92 Å². The third kappa shape index (κ3) is 4.34. The zero-order chi connectivity index (χ0) is 12.8. The first-order valence-corrected chi connectivity index (χ1v) is 7.92. The molecule has 102 valence electrons. The van der Waals surface area contributed by atoms with Crippen LogP contribution in [0.4, 0.5) is 0 Å². The molecular weight excluding hydrogens is 242 g/mol. The zero-order valence-corrected chi connectivity index (χ0v) is 12.4. The molecule has 3 nitrogen and oxygen atoms in total. The predicted octanol–water partition coefficient (Wildman–Crippen LogP) is 2.18. The van der Waals surface area contributed by atoms with Gasteiger partial charge in [-0.05, 0) is 65.3 Å². The van der Waals surface area contributed by atoms with Crippen molar-refractivity contribution in [3.05, 3.63) is 16.1 Å². The molecular formula is C14H25N3S. The fourth-order valence-corrected chi connectivity index (χ4v) is 3.46. The molecule has 18 heavy (non-hydrogen) atoms. The van der Waals surface area contributed by atoms with Gasteiger partial charge in [0.1, 0.15) is 0 Å². The molecule has 1 N–H and O–H groups in total. The van der Waals surface area contributed by atoms with Gasteiger partial charge in [-0.3, -0.25) is 0 Å². The fraction of sp³-hybridized carbons (Fsp3) is 0.786. The molecule has 0 bridgehead atoms. The van der Waals surface area contributed by atoms with Crippen LogP contribution in [0.1, 0.15) is 30.0 Å². The van der Waals surface area contributed by atoms with Crippen molar-refractivity contribution in [3.63, 3.8) is 0 Å². The fourth-order valence-electron chi connectivity index (χ4n) is 2.52. The van der Waals surface area contributed by atoms with Crippen LogP contribution >= 0.6 is 11.3 Å². The summed E-state index contributed by atoms with van der Waals surface area (Å²) in [5.41, 5.74) is 1.29. The summed E-state index contributed by atoms with van der Waals surface area (Å²) >= 11 is 1.86. The Kier molecular flexibility index (Phi) is 5.60. The standard InChI is InChI=1S/C14H25N3S/c1-15-7-3-4-13-11-18-14(16-13)10-12-5-8-17(2)9-6-12/h11-12,15H,3-10H2,1-2H3. The van der Waals surface area contributed by atoms with E-state index < -0.39 is 0 Å². The summed E-state index contributed by atoms with van der Waals surface area (Å²) in [6, 6.07) is 0. The number of piperidine rings is 1. The second-order valence-electron chi connectivity index (χ2n) is 5.39. The van der Waals surface area contributed by atoms with Gasteiger partial charge in [0, 0.05) is 11.8 Å². The molecule has 0 atom stereocenters. The Bertz CT molecular complexity index is 343. The van der Waals surface area contributed by atoms with E-state index in [-0.39, 0.29) is 0 Å². The molecule has 0 aliphatic carbocycles. The van der Waals surface area contributed by atoms with E-state index in [1.54, 1.807) is 0 Å². The summed E-state index contributed by atoms with van der Waals surface area (Å²) in [6.45, 7) is 3.60. The van der Waals surface area contributed by atoms with Gasteiger partial charge in [0.15, 0.2) is 0 Å². The number of likely N-dealkylation sites (tertiary alicyclic amines) is 1. The number of aryl methyl sites for hydroxylation is 1. The van der Waals surface area contributed by atoms with E-state index >= 15 is 0 Å². The van der Waals surface area contributed by atoms with Crippen LogP contribution < -0.4 is 5.32 Å². The highest BCUT2D eigenvalue weighted by Gasteiger charge is 2.18. The Morgan fingerprint density at radius 2 is 2.22 bits per heavy atom. The van der Waals surface area contributed by atoms with Crippen molar-refractivity contribution in [1.82, 2.24) is 15.2 Å². The average Bonchev–Trinajstić information content (AvgIpc) is 2.80. The van der Waals surface area contributed by atoms with Crippen molar-refractivity contribution in [2.45, 2.75) is 32.1 Å². The molecule has 1 aromatic heterocycles. The molecule has 0 spiro atoms. The van der Waals surface area contributed by atoms with Crippen LogP contribution in [0.5, 0.6) is 0 Å². The van der Waals surface area contributed by atoms with E-state index in [1.165, 1.54) is 49.5 Å². The minimum atomic E-state index is 0.859.